The van der Waals surface area contributed by atoms with Crippen molar-refractivity contribution in [1.82, 2.24) is 4.98 Å². The minimum absolute atomic E-state index is 0.00304. The Morgan fingerprint density at radius 1 is 1.14 bits per heavy atom. The Bertz CT molecular complexity index is 761. The molecule has 3 rings (SSSR count). The van der Waals surface area contributed by atoms with Crippen molar-refractivity contribution in [3.05, 3.63) is 71.4 Å². The van der Waals surface area contributed by atoms with Gasteiger partial charge in [-0.3, -0.25) is 4.98 Å². The van der Waals surface area contributed by atoms with Crippen molar-refractivity contribution in [2.75, 3.05) is 19.0 Å². The molecule has 0 bridgehead atoms. The van der Waals surface area contributed by atoms with Crippen LogP contribution in [0.3, 0.4) is 0 Å². The second-order valence-corrected chi connectivity index (χ2v) is 5.47. The zero-order valence-electron chi connectivity index (χ0n) is 12.3. The van der Waals surface area contributed by atoms with Gasteiger partial charge in [-0.05, 0) is 29.8 Å². The molecule has 0 fully saturated rings. The molecule has 0 saturated carbocycles. The lowest BCUT2D eigenvalue weighted by atomic mass is 10.1. The Kier molecular flexibility index (Phi) is 4.56. The van der Waals surface area contributed by atoms with Crippen LogP contribution in [0.4, 0.5) is 5.69 Å². The van der Waals surface area contributed by atoms with Gasteiger partial charge in [-0.25, -0.2) is 0 Å². The van der Waals surface area contributed by atoms with Gasteiger partial charge in [-0.1, -0.05) is 41.9 Å². The van der Waals surface area contributed by atoms with E-state index in [-0.39, 0.29) is 6.10 Å². The van der Waals surface area contributed by atoms with Gasteiger partial charge in [-0.2, -0.15) is 0 Å². The van der Waals surface area contributed by atoms with Crippen molar-refractivity contribution < 1.29 is 4.74 Å². The minimum atomic E-state index is -0.00304. The SMILES string of the molecule is COC(CNc1ccnc2cc(Cl)ccc12)c1ccccc1. The molecule has 0 aliphatic rings. The molecule has 1 unspecified atom stereocenters. The average Bonchev–Trinajstić information content (AvgIpc) is 2.56. The molecule has 0 aliphatic heterocycles. The van der Waals surface area contributed by atoms with Gasteiger partial charge >= 0.3 is 0 Å². The number of rotatable bonds is 5. The maximum absolute atomic E-state index is 6.02. The van der Waals surface area contributed by atoms with Crippen molar-refractivity contribution in [3.63, 3.8) is 0 Å². The van der Waals surface area contributed by atoms with Crippen molar-refractivity contribution >= 4 is 28.2 Å². The van der Waals surface area contributed by atoms with Crippen molar-refractivity contribution in [1.29, 1.82) is 0 Å². The molecule has 22 heavy (non-hydrogen) atoms. The van der Waals surface area contributed by atoms with Gasteiger partial charge in [0.2, 0.25) is 0 Å². The van der Waals surface area contributed by atoms with E-state index in [9.17, 15) is 0 Å². The molecule has 0 spiro atoms. The highest BCUT2D eigenvalue weighted by molar-refractivity contribution is 6.31. The summed E-state index contributed by atoms with van der Waals surface area (Å²) in [5, 5.41) is 5.19. The highest BCUT2D eigenvalue weighted by Crippen LogP contribution is 2.25. The lowest BCUT2D eigenvalue weighted by Gasteiger charge is -2.18. The van der Waals surface area contributed by atoms with Crippen LogP contribution in [-0.2, 0) is 4.74 Å². The van der Waals surface area contributed by atoms with E-state index in [0.29, 0.717) is 11.6 Å². The lowest BCUT2D eigenvalue weighted by Crippen LogP contribution is -2.14. The number of halogens is 1. The summed E-state index contributed by atoms with van der Waals surface area (Å²) >= 11 is 6.02. The van der Waals surface area contributed by atoms with Crippen LogP contribution in [0.5, 0.6) is 0 Å². The fraction of sp³-hybridized carbons (Fsp3) is 0.167. The van der Waals surface area contributed by atoms with Crippen LogP contribution in [0.15, 0.2) is 60.8 Å². The molecule has 1 atom stereocenters. The molecule has 1 N–H and O–H groups in total. The highest BCUT2D eigenvalue weighted by atomic mass is 35.5. The molecule has 0 aliphatic carbocycles. The van der Waals surface area contributed by atoms with Gasteiger partial charge in [0.15, 0.2) is 0 Å². The first kappa shape index (κ1) is 14.8. The van der Waals surface area contributed by atoms with E-state index in [1.807, 2.05) is 42.5 Å². The number of ether oxygens (including phenoxy) is 1. The molecule has 1 aromatic heterocycles. The molecule has 0 saturated heterocycles. The predicted octanol–water partition coefficient (Wildman–Crippen LogP) is 4.69. The van der Waals surface area contributed by atoms with Crippen LogP contribution < -0.4 is 5.32 Å². The second-order valence-electron chi connectivity index (χ2n) is 5.04. The highest BCUT2D eigenvalue weighted by Gasteiger charge is 2.10. The summed E-state index contributed by atoms with van der Waals surface area (Å²) in [4.78, 5) is 4.35. The summed E-state index contributed by atoms with van der Waals surface area (Å²) in [5.74, 6) is 0. The molecule has 4 heteroatoms. The number of benzene rings is 2. The molecular formula is C18H17ClN2O. The molecule has 112 valence electrons. The van der Waals surface area contributed by atoms with E-state index < -0.39 is 0 Å². The standard InChI is InChI=1S/C18H17ClN2O/c1-22-18(13-5-3-2-4-6-13)12-21-16-9-10-20-17-11-14(19)7-8-15(16)17/h2-11,18H,12H2,1H3,(H,20,21). The topological polar surface area (TPSA) is 34.1 Å². The molecule has 0 radical (unpaired) electrons. The van der Waals surface area contributed by atoms with Crippen LogP contribution >= 0.6 is 11.6 Å². The summed E-state index contributed by atoms with van der Waals surface area (Å²) in [7, 11) is 1.73. The van der Waals surface area contributed by atoms with Gasteiger partial charge in [0.25, 0.3) is 0 Å². The van der Waals surface area contributed by atoms with E-state index in [1.54, 1.807) is 13.3 Å². The number of nitrogens with one attached hydrogen (secondary N) is 1. The monoisotopic (exact) mass is 312 g/mol. The molecule has 2 aromatic carbocycles. The number of aromatic nitrogens is 1. The molecular weight excluding hydrogens is 296 g/mol. The van der Waals surface area contributed by atoms with Gasteiger partial charge in [0.1, 0.15) is 0 Å². The zero-order chi connectivity index (χ0) is 15.4. The predicted molar refractivity (Wildman–Crippen MR) is 91.4 cm³/mol. The van der Waals surface area contributed by atoms with Crippen LogP contribution in [0.25, 0.3) is 10.9 Å². The fourth-order valence-electron chi connectivity index (χ4n) is 2.48. The Hall–Kier alpha value is -2.10. The van der Waals surface area contributed by atoms with Crippen molar-refractivity contribution in [2.24, 2.45) is 0 Å². The third-order valence-corrected chi connectivity index (χ3v) is 3.87. The number of nitrogens with zero attached hydrogens (tertiary/aromatic N) is 1. The Balaban J connectivity index is 1.81. The zero-order valence-corrected chi connectivity index (χ0v) is 13.0. The number of pyridine rings is 1. The largest absolute Gasteiger partial charge is 0.381 e. The fourth-order valence-corrected chi connectivity index (χ4v) is 2.65. The first-order valence-corrected chi connectivity index (χ1v) is 7.51. The van der Waals surface area contributed by atoms with Crippen LogP contribution in [-0.4, -0.2) is 18.6 Å². The number of fused-ring (bicyclic) bond motifs is 1. The van der Waals surface area contributed by atoms with E-state index in [0.717, 1.165) is 22.2 Å². The maximum atomic E-state index is 6.02. The third kappa shape index (κ3) is 3.21. The summed E-state index contributed by atoms with van der Waals surface area (Å²) in [6.45, 7) is 0.683. The third-order valence-electron chi connectivity index (χ3n) is 3.64. The van der Waals surface area contributed by atoms with Gasteiger partial charge in [0.05, 0.1) is 11.6 Å². The summed E-state index contributed by atoms with van der Waals surface area (Å²) < 4.78 is 5.59. The van der Waals surface area contributed by atoms with E-state index in [2.05, 4.69) is 22.4 Å². The lowest BCUT2D eigenvalue weighted by molar-refractivity contribution is 0.114. The molecule has 3 aromatic rings. The number of methoxy groups -OCH3 is 1. The quantitative estimate of drug-likeness (QED) is 0.742. The van der Waals surface area contributed by atoms with Crippen molar-refractivity contribution in [3.8, 4) is 0 Å². The van der Waals surface area contributed by atoms with Gasteiger partial charge in [0, 0.05) is 35.9 Å². The molecule has 1 heterocycles. The first-order valence-electron chi connectivity index (χ1n) is 7.14. The molecule has 0 amide bonds. The summed E-state index contributed by atoms with van der Waals surface area (Å²) in [6, 6.07) is 17.9. The van der Waals surface area contributed by atoms with E-state index in [1.165, 1.54) is 0 Å². The van der Waals surface area contributed by atoms with Gasteiger partial charge < -0.3 is 10.1 Å². The minimum Gasteiger partial charge on any atom is -0.381 e. The normalized spacial score (nSPS) is 12.3. The number of anilines is 1. The second kappa shape index (κ2) is 6.77. The first-order chi connectivity index (χ1) is 10.8. The summed E-state index contributed by atoms with van der Waals surface area (Å²) in [6.07, 6.45) is 1.78. The van der Waals surface area contributed by atoms with E-state index >= 15 is 0 Å². The number of hydrogen-bond donors (Lipinski definition) is 1. The summed E-state index contributed by atoms with van der Waals surface area (Å²) in [5.41, 5.74) is 3.06. The smallest absolute Gasteiger partial charge is 0.0993 e. The van der Waals surface area contributed by atoms with Crippen LogP contribution in [0.2, 0.25) is 5.02 Å². The van der Waals surface area contributed by atoms with Crippen LogP contribution in [0, 0.1) is 0 Å². The number of hydrogen-bond acceptors (Lipinski definition) is 3. The van der Waals surface area contributed by atoms with Gasteiger partial charge in [-0.15, -0.1) is 0 Å². The van der Waals surface area contributed by atoms with Crippen LogP contribution in [0.1, 0.15) is 11.7 Å². The maximum Gasteiger partial charge on any atom is 0.0993 e. The Labute approximate surface area is 134 Å². The Morgan fingerprint density at radius 3 is 2.73 bits per heavy atom. The Morgan fingerprint density at radius 2 is 1.95 bits per heavy atom. The van der Waals surface area contributed by atoms with Crippen molar-refractivity contribution in [2.45, 2.75) is 6.10 Å². The van der Waals surface area contributed by atoms with E-state index in [4.69, 9.17) is 16.3 Å². The molecule has 3 nitrogen and oxygen atoms in total. The average molecular weight is 313 g/mol.